The van der Waals surface area contributed by atoms with Crippen molar-refractivity contribution in [3.8, 4) is 0 Å². The number of ether oxygens (including phenoxy) is 1. The molecule has 2 aliphatic heterocycles. The van der Waals surface area contributed by atoms with Crippen LogP contribution in [-0.2, 0) is 19.1 Å². The third-order valence-corrected chi connectivity index (χ3v) is 4.83. The molecule has 1 fully saturated rings. The zero-order valence-electron chi connectivity index (χ0n) is 12.0. The molecule has 4 atom stereocenters. The van der Waals surface area contributed by atoms with Gasteiger partial charge in [-0.1, -0.05) is 30.3 Å². The van der Waals surface area contributed by atoms with Crippen molar-refractivity contribution >= 4 is 23.3 Å². The predicted molar refractivity (Wildman–Crippen MR) is 77.5 cm³/mol. The fourth-order valence-electron chi connectivity index (χ4n) is 3.83. The second-order valence-electron chi connectivity index (χ2n) is 6.04. The summed E-state index contributed by atoms with van der Waals surface area (Å²) in [6.45, 7) is 1.53. The highest BCUT2D eigenvalue weighted by molar-refractivity contribution is 6.00. The first-order valence-corrected chi connectivity index (χ1v) is 7.39. The van der Waals surface area contributed by atoms with E-state index < -0.39 is 29.8 Å². The van der Waals surface area contributed by atoms with E-state index in [1.54, 1.807) is 0 Å². The van der Waals surface area contributed by atoms with Crippen molar-refractivity contribution in [2.75, 3.05) is 0 Å². The SMILES string of the molecule is CC(=O)C1N[C@@H]2C(=CC[C@@H]3C(=O)OC(=O)[C@@H]32)c2ccccc21. The minimum atomic E-state index is -0.539. The summed E-state index contributed by atoms with van der Waals surface area (Å²) in [6.07, 6.45) is 2.50. The van der Waals surface area contributed by atoms with E-state index in [9.17, 15) is 14.4 Å². The molecule has 1 N–H and O–H groups in total. The fraction of sp³-hybridized carbons (Fsp3) is 0.353. The van der Waals surface area contributed by atoms with Crippen molar-refractivity contribution in [1.29, 1.82) is 0 Å². The zero-order chi connectivity index (χ0) is 15.4. The molecule has 1 unspecified atom stereocenters. The number of rotatable bonds is 1. The van der Waals surface area contributed by atoms with Crippen LogP contribution in [0.2, 0.25) is 0 Å². The molecule has 0 bridgehead atoms. The third kappa shape index (κ3) is 1.72. The Balaban J connectivity index is 1.86. The van der Waals surface area contributed by atoms with Crippen molar-refractivity contribution in [1.82, 2.24) is 5.32 Å². The summed E-state index contributed by atoms with van der Waals surface area (Å²) in [5.41, 5.74) is 2.90. The molecule has 3 aliphatic rings. The van der Waals surface area contributed by atoms with Crippen LogP contribution < -0.4 is 5.32 Å². The van der Waals surface area contributed by atoms with E-state index in [1.165, 1.54) is 6.92 Å². The molecular formula is C17H15NO4. The largest absolute Gasteiger partial charge is 0.393 e. The molecule has 0 spiro atoms. The topological polar surface area (TPSA) is 72.5 Å². The van der Waals surface area contributed by atoms with Gasteiger partial charge in [0, 0.05) is 6.04 Å². The lowest BCUT2D eigenvalue weighted by molar-refractivity contribution is -0.154. The van der Waals surface area contributed by atoms with Crippen LogP contribution in [0, 0.1) is 11.8 Å². The number of fused-ring (bicyclic) bond motifs is 5. The van der Waals surface area contributed by atoms with E-state index in [2.05, 4.69) is 5.32 Å². The van der Waals surface area contributed by atoms with Gasteiger partial charge in [0.25, 0.3) is 0 Å². The normalized spacial score (nSPS) is 32.5. The lowest BCUT2D eigenvalue weighted by Crippen LogP contribution is -2.50. The average Bonchev–Trinajstić information content (AvgIpc) is 2.81. The first kappa shape index (κ1) is 13.4. The lowest BCUT2D eigenvalue weighted by atomic mass is 9.71. The minimum absolute atomic E-state index is 0.00804. The molecule has 112 valence electrons. The van der Waals surface area contributed by atoms with E-state index in [-0.39, 0.29) is 11.8 Å². The summed E-state index contributed by atoms with van der Waals surface area (Å²) in [5, 5.41) is 3.26. The first-order chi connectivity index (χ1) is 10.6. The van der Waals surface area contributed by atoms with E-state index in [0.29, 0.717) is 6.42 Å². The van der Waals surface area contributed by atoms with Gasteiger partial charge in [0.1, 0.15) is 0 Å². The Bertz CT molecular complexity index is 736. The lowest BCUT2D eigenvalue weighted by Gasteiger charge is -2.39. The number of allylic oxidation sites excluding steroid dienone is 1. The van der Waals surface area contributed by atoms with Crippen molar-refractivity contribution in [2.24, 2.45) is 11.8 Å². The second kappa shape index (κ2) is 4.61. The third-order valence-electron chi connectivity index (χ3n) is 4.83. The van der Waals surface area contributed by atoms with Crippen LogP contribution in [0.1, 0.15) is 30.5 Å². The van der Waals surface area contributed by atoms with Gasteiger partial charge in [-0.25, -0.2) is 0 Å². The van der Waals surface area contributed by atoms with Crippen LogP contribution in [0.4, 0.5) is 0 Å². The van der Waals surface area contributed by atoms with E-state index in [1.807, 2.05) is 30.3 Å². The second-order valence-corrected chi connectivity index (χ2v) is 6.04. The summed E-state index contributed by atoms with van der Waals surface area (Å²) >= 11 is 0. The number of carbonyl (C=O) groups is 3. The molecule has 2 heterocycles. The molecule has 5 heteroatoms. The molecule has 5 nitrogen and oxygen atoms in total. The molecule has 0 radical (unpaired) electrons. The highest BCUT2D eigenvalue weighted by atomic mass is 16.6. The van der Waals surface area contributed by atoms with Gasteiger partial charge in [0.15, 0.2) is 5.78 Å². The summed E-state index contributed by atoms with van der Waals surface area (Å²) in [7, 11) is 0. The Morgan fingerprint density at radius 3 is 2.77 bits per heavy atom. The average molecular weight is 297 g/mol. The van der Waals surface area contributed by atoms with Gasteiger partial charge >= 0.3 is 11.9 Å². The van der Waals surface area contributed by atoms with Crippen LogP contribution in [-0.4, -0.2) is 23.8 Å². The van der Waals surface area contributed by atoms with Crippen LogP contribution in [0.15, 0.2) is 30.3 Å². The molecule has 0 aromatic heterocycles. The van der Waals surface area contributed by atoms with Gasteiger partial charge in [-0.05, 0) is 30.0 Å². The Labute approximate surface area is 127 Å². The van der Waals surface area contributed by atoms with Crippen molar-refractivity contribution < 1.29 is 19.1 Å². The molecule has 0 saturated carbocycles. The number of carbonyl (C=O) groups excluding carboxylic acids is 3. The monoisotopic (exact) mass is 297 g/mol. The fourth-order valence-corrected chi connectivity index (χ4v) is 3.83. The van der Waals surface area contributed by atoms with Gasteiger partial charge in [0.05, 0.1) is 17.9 Å². The molecule has 4 rings (SSSR count). The molecule has 1 aromatic rings. The minimum Gasteiger partial charge on any atom is -0.393 e. The molecular weight excluding hydrogens is 282 g/mol. The summed E-state index contributed by atoms with van der Waals surface area (Å²) in [5.74, 6) is -1.93. The van der Waals surface area contributed by atoms with E-state index in [0.717, 1.165) is 16.7 Å². The maximum absolute atomic E-state index is 12.1. The molecule has 1 saturated heterocycles. The number of Topliss-reactive ketones (excluding diaryl/α,β-unsaturated/α-hetero) is 1. The number of hydrogen-bond acceptors (Lipinski definition) is 5. The maximum Gasteiger partial charge on any atom is 0.319 e. The van der Waals surface area contributed by atoms with Crippen molar-refractivity contribution in [3.63, 3.8) is 0 Å². The van der Waals surface area contributed by atoms with Gasteiger partial charge in [-0.15, -0.1) is 0 Å². The summed E-state index contributed by atoms with van der Waals surface area (Å²) in [6, 6.07) is 6.91. The standard InChI is InChI=1S/C17H15NO4/c1-8(19)14-10-5-3-2-4-9(10)11-6-7-12-13(15(11)18-14)17(21)22-16(12)20/h2-6,12-15,18H,7H2,1H3/t12-,13-,14?,15+/m0/s1. The number of hydrogen-bond donors (Lipinski definition) is 1. The van der Waals surface area contributed by atoms with Gasteiger partial charge < -0.3 is 4.74 Å². The quantitative estimate of drug-likeness (QED) is 0.626. The van der Waals surface area contributed by atoms with Gasteiger partial charge in [-0.2, -0.15) is 0 Å². The Morgan fingerprint density at radius 2 is 2.00 bits per heavy atom. The maximum atomic E-state index is 12.1. The van der Waals surface area contributed by atoms with Crippen LogP contribution in [0.25, 0.3) is 5.57 Å². The van der Waals surface area contributed by atoms with Crippen LogP contribution in [0.3, 0.4) is 0 Å². The number of nitrogens with one attached hydrogen (secondary N) is 1. The molecule has 1 aliphatic carbocycles. The highest BCUT2D eigenvalue weighted by Gasteiger charge is 2.53. The zero-order valence-corrected chi connectivity index (χ0v) is 12.0. The molecule has 0 amide bonds. The Morgan fingerprint density at radius 1 is 1.23 bits per heavy atom. The summed E-state index contributed by atoms with van der Waals surface area (Å²) in [4.78, 5) is 35.9. The number of cyclic esters (lactones) is 2. The number of benzene rings is 1. The van der Waals surface area contributed by atoms with Crippen LogP contribution >= 0.6 is 0 Å². The van der Waals surface area contributed by atoms with E-state index >= 15 is 0 Å². The Hall–Kier alpha value is -2.27. The molecule has 1 aromatic carbocycles. The number of esters is 2. The first-order valence-electron chi connectivity index (χ1n) is 7.39. The highest BCUT2D eigenvalue weighted by Crippen LogP contribution is 2.45. The van der Waals surface area contributed by atoms with E-state index in [4.69, 9.17) is 4.74 Å². The number of ketones is 1. The Kier molecular flexibility index (Phi) is 2.81. The predicted octanol–water partition coefficient (Wildman–Crippen LogP) is 1.39. The van der Waals surface area contributed by atoms with Crippen LogP contribution in [0.5, 0.6) is 0 Å². The van der Waals surface area contributed by atoms with Gasteiger partial charge in [-0.3, -0.25) is 19.7 Å². The van der Waals surface area contributed by atoms with Gasteiger partial charge in [0.2, 0.25) is 0 Å². The summed E-state index contributed by atoms with van der Waals surface area (Å²) < 4.78 is 4.80. The van der Waals surface area contributed by atoms with Crippen molar-refractivity contribution in [3.05, 3.63) is 41.5 Å². The smallest absolute Gasteiger partial charge is 0.319 e. The van der Waals surface area contributed by atoms with Crippen molar-refractivity contribution in [2.45, 2.75) is 25.4 Å². The molecule has 22 heavy (non-hydrogen) atoms.